The van der Waals surface area contributed by atoms with E-state index in [-0.39, 0.29) is 17.2 Å². The van der Waals surface area contributed by atoms with Crippen LogP contribution in [0.2, 0.25) is 0 Å². The lowest BCUT2D eigenvalue weighted by Gasteiger charge is -2.13. The molecule has 2 aromatic carbocycles. The van der Waals surface area contributed by atoms with Gasteiger partial charge in [-0.2, -0.15) is 5.10 Å². The van der Waals surface area contributed by atoms with Gasteiger partial charge in [-0.3, -0.25) is 14.2 Å². The van der Waals surface area contributed by atoms with Gasteiger partial charge in [-0.25, -0.2) is 10.4 Å². The number of rotatable bonds is 9. The molecule has 0 atom stereocenters. The summed E-state index contributed by atoms with van der Waals surface area (Å²) in [5.74, 6) is 0.611. The number of thioether (sulfide) groups is 1. The SMILES string of the molecule is CCCOc1ccc(/C=N/NC(=O)CSc2nc3sc4c(c3c(=O)n2-c2ccc(C)cc2)CCCC4)cc1. The molecule has 0 aliphatic heterocycles. The summed E-state index contributed by atoms with van der Waals surface area (Å²) in [6.45, 7) is 4.75. The lowest BCUT2D eigenvalue weighted by molar-refractivity contribution is -0.118. The lowest BCUT2D eigenvalue weighted by atomic mass is 9.97. The van der Waals surface area contributed by atoms with Crippen LogP contribution in [0.25, 0.3) is 15.9 Å². The number of carbonyl (C=O) groups excluding carboxylic acids is 1. The van der Waals surface area contributed by atoms with Crippen molar-refractivity contribution in [1.82, 2.24) is 15.0 Å². The smallest absolute Gasteiger partial charge is 0.267 e. The highest BCUT2D eigenvalue weighted by Gasteiger charge is 2.23. The van der Waals surface area contributed by atoms with Gasteiger partial charge in [-0.15, -0.1) is 11.3 Å². The van der Waals surface area contributed by atoms with E-state index in [0.29, 0.717) is 11.8 Å². The molecule has 0 saturated heterocycles. The minimum Gasteiger partial charge on any atom is -0.494 e. The fourth-order valence-electron chi connectivity index (χ4n) is 4.42. The van der Waals surface area contributed by atoms with Crippen molar-refractivity contribution in [2.75, 3.05) is 12.4 Å². The number of thiophene rings is 1. The zero-order valence-electron chi connectivity index (χ0n) is 21.5. The van der Waals surface area contributed by atoms with Crippen LogP contribution in [0.1, 0.15) is 47.8 Å². The molecule has 2 heterocycles. The Morgan fingerprint density at radius 1 is 1.16 bits per heavy atom. The number of fused-ring (bicyclic) bond motifs is 3. The minimum atomic E-state index is -0.274. The first-order chi connectivity index (χ1) is 18.5. The molecule has 196 valence electrons. The van der Waals surface area contributed by atoms with Crippen molar-refractivity contribution < 1.29 is 9.53 Å². The van der Waals surface area contributed by atoms with Gasteiger partial charge >= 0.3 is 0 Å². The fourth-order valence-corrected chi connectivity index (χ4v) is 6.52. The number of carbonyl (C=O) groups is 1. The van der Waals surface area contributed by atoms with Crippen LogP contribution < -0.4 is 15.7 Å². The zero-order valence-corrected chi connectivity index (χ0v) is 23.2. The molecule has 9 heteroatoms. The van der Waals surface area contributed by atoms with E-state index < -0.39 is 0 Å². The third-order valence-corrected chi connectivity index (χ3v) is 8.46. The Morgan fingerprint density at radius 2 is 1.92 bits per heavy atom. The molecule has 38 heavy (non-hydrogen) atoms. The van der Waals surface area contributed by atoms with Crippen molar-refractivity contribution in [2.24, 2.45) is 5.10 Å². The topological polar surface area (TPSA) is 85.6 Å². The Labute approximate surface area is 230 Å². The molecule has 0 radical (unpaired) electrons. The summed E-state index contributed by atoms with van der Waals surface area (Å²) in [4.78, 5) is 33.3. The normalized spacial score (nSPS) is 13.1. The molecule has 7 nitrogen and oxygen atoms in total. The first-order valence-electron chi connectivity index (χ1n) is 12.9. The Balaban J connectivity index is 1.34. The molecule has 1 aliphatic carbocycles. The van der Waals surface area contributed by atoms with Gasteiger partial charge in [0.25, 0.3) is 11.5 Å². The molecule has 0 spiro atoms. The minimum absolute atomic E-state index is 0.0643. The highest BCUT2D eigenvalue weighted by Crippen LogP contribution is 2.35. The quantitative estimate of drug-likeness (QED) is 0.127. The molecule has 0 unspecified atom stereocenters. The first kappa shape index (κ1) is 26.2. The third kappa shape index (κ3) is 5.84. The van der Waals surface area contributed by atoms with Gasteiger partial charge in [0.05, 0.1) is 29.6 Å². The summed E-state index contributed by atoms with van der Waals surface area (Å²) in [6.07, 6.45) is 6.70. The van der Waals surface area contributed by atoms with Crippen LogP contribution in [0.15, 0.2) is 63.6 Å². The maximum atomic E-state index is 13.8. The highest BCUT2D eigenvalue weighted by atomic mass is 32.2. The van der Waals surface area contributed by atoms with Crippen LogP contribution in [-0.2, 0) is 17.6 Å². The summed E-state index contributed by atoms with van der Waals surface area (Å²) < 4.78 is 7.23. The number of benzene rings is 2. The second-order valence-electron chi connectivity index (χ2n) is 9.26. The number of amides is 1. The van der Waals surface area contributed by atoms with Crippen molar-refractivity contribution in [2.45, 2.75) is 51.1 Å². The van der Waals surface area contributed by atoms with Crippen molar-refractivity contribution in [3.8, 4) is 11.4 Å². The van der Waals surface area contributed by atoms with Gasteiger partial charge in [0.1, 0.15) is 10.6 Å². The van der Waals surface area contributed by atoms with Crippen LogP contribution >= 0.6 is 23.1 Å². The van der Waals surface area contributed by atoms with Gasteiger partial charge in [0.15, 0.2) is 5.16 Å². The number of hydrogen-bond acceptors (Lipinski definition) is 7. The van der Waals surface area contributed by atoms with E-state index in [1.165, 1.54) is 16.6 Å². The van der Waals surface area contributed by atoms with Gasteiger partial charge < -0.3 is 4.74 Å². The van der Waals surface area contributed by atoms with E-state index in [2.05, 4.69) is 17.5 Å². The number of ether oxygens (including phenoxy) is 1. The Morgan fingerprint density at radius 3 is 2.68 bits per heavy atom. The molecule has 0 fully saturated rings. The van der Waals surface area contributed by atoms with Crippen molar-refractivity contribution in [3.63, 3.8) is 0 Å². The van der Waals surface area contributed by atoms with Gasteiger partial charge in [-0.05, 0) is 86.6 Å². The van der Waals surface area contributed by atoms with E-state index in [0.717, 1.165) is 70.4 Å². The van der Waals surface area contributed by atoms with Crippen LogP contribution in [0.3, 0.4) is 0 Å². The monoisotopic (exact) mass is 546 g/mol. The van der Waals surface area contributed by atoms with Gasteiger partial charge in [0.2, 0.25) is 0 Å². The highest BCUT2D eigenvalue weighted by molar-refractivity contribution is 7.99. The Hall–Kier alpha value is -3.43. The maximum Gasteiger partial charge on any atom is 0.267 e. The number of hydrazone groups is 1. The summed E-state index contributed by atoms with van der Waals surface area (Å²) in [6, 6.07) is 15.3. The summed E-state index contributed by atoms with van der Waals surface area (Å²) >= 11 is 2.86. The van der Waals surface area contributed by atoms with Crippen LogP contribution in [0.5, 0.6) is 5.75 Å². The largest absolute Gasteiger partial charge is 0.494 e. The molecular weight excluding hydrogens is 516 g/mol. The van der Waals surface area contributed by atoms with E-state index in [4.69, 9.17) is 9.72 Å². The van der Waals surface area contributed by atoms with Gasteiger partial charge in [0, 0.05) is 4.88 Å². The number of hydrogen-bond donors (Lipinski definition) is 1. The molecular formula is C29H30N4O3S2. The Bertz CT molecular complexity index is 1520. The molecule has 0 saturated carbocycles. The number of nitrogens with zero attached hydrogens (tertiary/aromatic N) is 3. The average molecular weight is 547 g/mol. The third-order valence-electron chi connectivity index (χ3n) is 6.34. The van der Waals surface area contributed by atoms with Crippen LogP contribution in [0, 0.1) is 6.92 Å². The van der Waals surface area contributed by atoms with Gasteiger partial charge in [-0.1, -0.05) is 36.4 Å². The summed E-state index contributed by atoms with van der Waals surface area (Å²) in [7, 11) is 0. The molecule has 1 aliphatic rings. The maximum absolute atomic E-state index is 13.8. The van der Waals surface area contributed by atoms with Crippen molar-refractivity contribution in [1.29, 1.82) is 0 Å². The molecule has 1 amide bonds. The summed E-state index contributed by atoms with van der Waals surface area (Å²) in [5.41, 5.74) is 6.37. The second kappa shape index (κ2) is 12.0. The lowest BCUT2D eigenvalue weighted by Crippen LogP contribution is -2.24. The molecule has 2 aromatic heterocycles. The van der Waals surface area contributed by atoms with Crippen LogP contribution in [0.4, 0.5) is 0 Å². The van der Waals surface area contributed by atoms with E-state index >= 15 is 0 Å². The predicted molar refractivity (Wildman–Crippen MR) is 155 cm³/mol. The zero-order chi connectivity index (χ0) is 26.5. The standard InChI is InChI=1S/C29H30N4O3S2/c1-3-16-36-22-14-10-20(11-15-22)17-30-32-25(34)18-37-29-31-27-26(23-6-4-5-7-24(23)38-27)28(35)33(29)21-12-8-19(2)9-13-21/h8-15,17H,3-7,16,18H2,1-2H3,(H,32,34)/b30-17+. The summed E-state index contributed by atoms with van der Waals surface area (Å²) in [5, 5.41) is 5.32. The van der Waals surface area contributed by atoms with Crippen molar-refractivity contribution >= 4 is 45.4 Å². The average Bonchev–Trinajstić information content (AvgIpc) is 3.31. The van der Waals surface area contributed by atoms with Crippen LogP contribution in [-0.4, -0.2) is 34.0 Å². The molecule has 4 aromatic rings. The number of nitrogens with one attached hydrogen (secondary N) is 1. The second-order valence-corrected chi connectivity index (χ2v) is 11.3. The first-order valence-corrected chi connectivity index (χ1v) is 14.7. The molecule has 0 bridgehead atoms. The van der Waals surface area contributed by atoms with E-state index in [9.17, 15) is 9.59 Å². The number of aryl methyl sites for hydroxylation is 3. The molecule has 1 N–H and O–H groups in total. The number of aromatic nitrogens is 2. The van der Waals surface area contributed by atoms with E-state index in [1.54, 1.807) is 22.1 Å². The van der Waals surface area contributed by atoms with Crippen molar-refractivity contribution in [3.05, 3.63) is 80.5 Å². The Kier molecular flexibility index (Phi) is 8.24. The molecule has 5 rings (SSSR count). The predicted octanol–water partition coefficient (Wildman–Crippen LogP) is 5.67. The fraction of sp³-hybridized carbons (Fsp3) is 0.310. The van der Waals surface area contributed by atoms with E-state index in [1.807, 2.05) is 55.5 Å².